The summed E-state index contributed by atoms with van der Waals surface area (Å²) < 4.78 is 37.8. The van der Waals surface area contributed by atoms with Crippen molar-refractivity contribution in [3.8, 4) is 0 Å². The summed E-state index contributed by atoms with van der Waals surface area (Å²) in [5.74, 6) is 0. The Balaban J connectivity index is 2.55. The Bertz CT molecular complexity index is 487. The predicted molar refractivity (Wildman–Crippen MR) is 54.0 cm³/mol. The van der Waals surface area contributed by atoms with E-state index in [-0.39, 0.29) is 0 Å². The Morgan fingerprint density at radius 1 is 1.33 bits per heavy atom. The maximum Gasteiger partial charge on any atom is 0.416 e. The molecule has 15 heavy (non-hydrogen) atoms. The molecular formula is C10H8F3NS. The molecule has 1 heterocycles. The number of aromatic nitrogens is 1. The van der Waals surface area contributed by atoms with Gasteiger partial charge >= 0.3 is 6.18 Å². The standard InChI is InChI=1S/C10H8F3NS/c1-2-9-14-7-4-3-6(10(11,12)13)5-8(7)15-9/h3-5H,2H2,1H3. The molecule has 80 valence electrons. The van der Waals surface area contributed by atoms with Crippen molar-refractivity contribution in [1.29, 1.82) is 0 Å². The lowest BCUT2D eigenvalue weighted by Gasteiger charge is -2.04. The van der Waals surface area contributed by atoms with Crippen LogP contribution in [-0.2, 0) is 12.6 Å². The van der Waals surface area contributed by atoms with Crippen molar-refractivity contribution in [3.63, 3.8) is 0 Å². The van der Waals surface area contributed by atoms with Crippen molar-refractivity contribution >= 4 is 21.6 Å². The lowest BCUT2D eigenvalue weighted by molar-refractivity contribution is -0.137. The Labute approximate surface area is 88.6 Å². The van der Waals surface area contributed by atoms with Gasteiger partial charge < -0.3 is 0 Å². The molecular weight excluding hydrogens is 223 g/mol. The highest BCUT2D eigenvalue weighted by atomic mass is 32.1. The third-order valence-electron chi connectivity index (χ3n) is 2.06. The van der Waals surface area contributed by atoms with Gasteiger partial charge in [0.2, 0.25) is 0 Å². The molecule has 1 aromatic carbocycles. The van der Waals surface area contributed by atoms with Crippen molar-refractivity contribution in [2.45, 2.75) is 19.5 Å². The minimum atomic E-state index is -4.27. The number of alkyl halides is 3. The van der Waals surface area contributed by atoms with E-state index in [0.29, 0.717) is 10.2 Å². The Morgan fingerprint density at radius 2 is 2.07 bits per heavy atom. The van der Waals surface area contributed by atoms with Crippen molar-refractivity contribution in [3.05, 3.63) is 28.8 Å². The quantitative estimate of drug-likeness (QED) is 0.725. The van der Waals surface area contributed by atoms with Gasteiger partial charge in [-0.1, -0.05) is 6.92 Å². The molecule has 0 fully saturated rings. The van der Waals surface area contributed by atoms with E-state index >= 15 is 0 Å². The Morgan fingerprint density at radius 3 is 2.67 bits per heavy atom. The van der Waals surface area contributed by atoms with Gasteiger partial charge in [0.05, 0.1) is 20.8 Å². The number of hydrogen-bond donors (Lipinski definition) is 0. The number of fused-ring (bicyclic) bond motifs is 1. The van der Waals surface area contributed by atoms with Gasteiger partial charge in [0.1, 0.15) is 0 Å². The molecule has 1 aromatic heterocycles. The van der Waals surface area contributed by atoms with Crippen molar-refractivity contribution < 1.29 is 13.2 Å². The highest BCUT2D eigenvalue weighted by Gasteiger charge is 2.30. The van der Waals surface area contributed by atoms with Crippen LogP contribution in [-0.4, -0.2) is 4.98 Å². The van der Waals surface area contributed by atoms with Crippen LogP contribution in [0.1, 0.15) is 17.5 Å². The predicted octanol–water partition coefficient (Wildman–Crippen LogP) is 3.88. The summed E-state index contributed by atoms with van der Waals surface area (Å²) in [6, 6.07) is 3.65. The zero-order valence-corrected chi connectivity index (χ0v) is 8.75. The number of hydrogen-bond acceptors (Lipinski definition) is 2. The van der Waals surface area contributed by atoms with Crippen molar-refractivity contribution in [2.24, 2.45) is 0 Å². The van der Waals surface area contributed by atoms with Gasteiger partial charge in [-0.25, -0.2) is 4.98 Å². The molecule has 0 N–H and O–H groups in total. The van der Waals surface area contributed by atoms with Crippen LogP contribution in [0.15, 0.2) is 18.2 Å². The van der Waals surface area contributed by atoms with Crippen LogP contribution < -0.4 is 0 Å². The Kier molecular flexibility index (Phi) is 2.42. The molecule has 2 rings (SSSR count). The number of rotatable bonds is 1. The molecule has 0 bridgehead atoms. The highest BCUT2D eigenvalue weighted by Crippen LogP contribution is 2.33. The molecule has 0 saturated heterocycles. The molecule has 0 atom stereocenters. The number of halogens is 3. The summed E-state index contributed by atoms with van der Waals surface area (Å²) in [6.07, 6.45) is -3.52. The minimum absolute atomic E-state index is 0.599. The summed E-state index contributed by atoms with van der Waals surface area (Å²) in [7, 11) is 0. The lowest BCUT2D eigenvalue weighted by Crippen LogP contribution is -2.03. The normalized spacial score (nSPS) is 12.3. The SMILES string of the molecule is CCc1nc2ccc(C(F)(F)F)cc2s1. The lowest BCUT2D eigenvalue weighted by atomic mass is 10.2. The largest absolute Gasteiger partial charge is 0.416 e. The van der Waals surface area contributed by atoms with Crippen LogP contribution in [0.25, 0.3) is 10.2 Å². The molecule has 0 aliphatic rings. The third-order valence-corrected chi connectivity index (χ3v) is 3.22. The van der Waals surface area contributed by atoms with E-state index in [0.717, 1.165) is 23.6 Å². The number of nitrogens with zero attached hydrogens (tertiary/aromatic N) is 1. The third kappa shape index (κ3) is 1.97. The first-order valence-electron chi connectivity index (χ1n) is 4.47. The van der Waals surface area contributed by atoms with Gasteiger partial charge in [0.15, 0.2) is 0 Å². The molecule has 0 amide bonds. The van der Waals surface area contributed by atoms with Gasteiger partial charge in [-0.15, -0.1) is 11.3 Å². The second kappa shape index (κ2) is 3.48. The van der Waals surface area contributed by atoms with E-state index in [1.165, 1.54) is 17.4 Å². The first-order valence-corrected chi connectivity index (χ1v) is 5.29. The Hall–Kier alpha value is -1.10. The van der Waals surface area contributed by atoms with Crippen LogP contribution in [0.4, 0.5) is 13.2 Å². The van der Waals surface area contributed by atoms with E-state index in [1.807, 2.05) is 6.92 Å². The number of thiazole rings is 1. The summed E-state index contributed by atoms with van der Waals surface area (Å²) in [5.41, 5.74) is 0.0335. The second-order valence-corrected chi connectivity index (χ2v) is 4.26. The molecule has 0 unspecified atom stereocenters. The van der Waals surface area contributed by atoms with E-state index in [9.17, 15) is 13.2 Å². The molecule has 1 nitrogen and oxygen atoms in total. The van der Waals surface area contributed by atoms with Crippen LogP contribution in [0.2, 0.25) is 0 Å². The van der Waals surface area contributed by atoms with Gasteiger partial charge in [0.25, 0.3) is 0 Å². The monoisotopic (exact) mass is 231 g/mol. The van der Waals surface area contributed by atoms with Crippen molar-refractivity contribution in [1.82, 2.24) is 4.98 Å². The first kappa shape index (κ1) is 10.4. The fraction of sp³-hybridized carbons (Fsp3) is 0.300. The maximum atomic E-state index is 12.4. The molecule has 0 spiro atoms. The van der Waals surface area contributed by atoms with E-state index in [4.69, 9.17) is 0 Å². The average Bonchev–Trinajstić information content (AvgIpc) is 2.57. The second-order valence-electron chi connectivity index (χ2n) is 3.14. The molecule has 5 heteroatoms. The average molecular weight is 231 g/mol. The highest BCUT2D eigenvalue weighted by molar-refractivity contribution is 7.18. The summed E-state index contributed by atoms with van der Waals surface area (Å²) in [4.78, 5) is 4.21. The zero-order valence-electron chi connectivity index (χ0n) is 7.93. The summed E-state index contributed by atoms with van der Waals surface area (Å²) >= 11 is 1.32. The number of aryl methyl sites for hydroxylation is 1. The maximum absolute atomic E-state index is 12.4. The molecule has 0 aliphatic heterocycles. The van der Waals surface area contributed by atoms with Crippen LogP contribution in [0.5, 0.6) is 0 Å². The van der Waals surface area contributed by atoms with Crippen LogP contribution >= 0.6 is 11.3 Å². The molecule has 0 radical (unpaired) electrons. The molecule has 2 aromatic rings. The van der Waals surface area contributed by atoms with Crippen molar-refractivity contribution in [2.75, 3.05) is 0 Å². The number of benzene rings is 1. The summed E-state index contributed by atoms with van der Waals surface area (Å²) in [6.45, 7) is 1.93. The molecule has 0 saturated carbocycles. The van der Waals surface area contributed by atoms with Gasteiger partial charge in [0, 0.05) is 0 Å². The smallest absolute Gasteiger partial charge is 0.241 e. The van der Waals surface area contributed by atoms with Gasteiger partial charge in [-0.3, -0.25) is 0 Å². The van der Waals surface area contributed by atoms with E-state index < -0.39 is 11.7 Å². The zero-order chi connectivity index (χ0) is 11.1. The van der Waals surface area contributed by atoms with E-state index in [2.05, 4.69) is 4.98 Å². The topological polar surface area (TPSA) is 12.9 Å². The fourth-order valence-electron chi connectivity index (χ4n) is 1.30. The van der Waals surface area contributed by atoms with Crippen LogP contribution in [0, 0.1) is 0 Å². The van der Waals surface area contributed by atoms with Gasteiger partial charge in [-0.05, 0) is 24.6 Å². The minimum Gasteiger partial charge on any atom is -0.241 e. The van der Waals surface area contributed by atoms with Crippen LogP contribution in [0.3, 0.4) is 0 Å². The fourth-order valence-corrected chi connectivity index (χ4v) is 2.25. The van der Waals surface area contributed by atoms with Gasteiger partial charge in [-0.2, -0.15) is 13.2 Å². The molecule has 0 aliphatic carbocycles. The first-order chi connectivity index (χ1) is 7.00. The van der Waals surface area contributed by atoms with E-state index in [1.54, 1.807) is 0 Å². The summed E-state index contributed by atoms with van der Waals surface area (Å²) in [5, 5.41) is 0.865.